The molecule has 1 heterocycles. The van der Waals surface area contributed by atoms with Crippen molar-refractivity contribution in [2.24, 2.45) is 0 Å². The summed E-state index contributed by atoms with van der Waals surface area (Å²) in [5, 5.41) is 10.1. The molecule has 1 aromatic carbocycles. The van der Waals surface area contributed by atoms with Gasteiger partial charge in [-0.1, -0.05) is 19.1 Å². The number of fused-ring (bicyclic) bond motifs is 1. The second-order valence-electron chi connectivity index (χ2n) is 4.96. The molecule has 1 unspecified atom stereocenters. The lowest BCUT2D eigenvalue weighted by Gasteiger charge is -2.35. The van der Waals surface area contributed by atoms with E-state index in [-0.39, 0.29) is 5.78 Å². The lowest BCUT2D eigenvalue weighted by atomic mass is 9.97. The number of aliphatic hydroxyl groups is 1. The van der Waals surface area contributed by atoms with Gasteiger partial charge in [0.1, 0.15) is 0 Å². The third-order valence-electron chi connectivity index (χ3n) is 3.45. The second-order valence-corrected chi connectivity index (χ2v) is 4.96. The zero-order chi connectivity index (χ0) is 12.5. The number of carbonyl (C=O) groups excluding carboxylic acids is 1. The maximum absolute atomic E-state index is 11.8. The fourth-order valence-electron chi connectivity index (χ4n) is 2.16. The number of nitrogens with zero attached hydrogens (tertiary/aromatic N) is 1. The van der Waals surface area contributed by atoms with Crippen molar-refractivity contribution in [2.75, 3.05) is 18.0 Å². The molecule has 0 amide bonds. The second kappa shape index (κ2) is 4.49. The molecule has 92 valence electrons. The van der Waals surface area contributed by atoms with Crippen LogP contribution in [-0.2, 0) is 0 Å². The highest BCUT2D eigenvalue weighted by molar-refractivity contribution is 6.03. The molecule has 0 fully saturated rings. The van der Waals surface area contributed by atoms with Crippen molar-refractivity contribution in [2.45, 2.75) is 32.3 Å². The smallest absolute Gasteiger partial charge is 0.166 e. The van der Waals surface area contributed by atoms with Crippen LogP contribution >= 0.6 is 0 Å². The van der Waals surface area contributed by atoms with Crippen molar-refractivity contribution in [1.82, 2.24) is 0 Å². The first kappa shape index (κ1) is 12.1. The van der Waals surface area contributed by atoms with Crippen molar-refractivity contribution in [1.29, 1.82) is 0 Å². The zero-order valence-electron chi connectivity index (χ0n) is 10.4. The Hall–Kier alpha value is -1.35. The number of rotatable bonds is 3. The molecule has 1 aliphatic heterocycles. The van der Waals surface area contributed by atoms with Gasteiger partial charge in [0, 0.05) is 30.8 Å². The zero-order valence-corrected chi connectivity index (χ0v) is 10.4. The Labute approximate surface area is 102 Å². The van der Waals surface area contributed by atoms with E-state index in [1.807, 2.05) is 38.1 Å². The Morgan fingerprint density at radius 3 is 2.82 bits per heavy atom. The van der Waals surface area contributed by atoms with Crippen molar-refractivity contribution in [3.63, 3.8) is 0 Å². The first-order valence-corrected chi connectivity index (χ1v) is 6.13. The molecule has 0 bridgehead atoms. The summed E-state index contributed by atoms with van der Waals surface area (Å²) in [5.74, 6) is 0.202. The van der Waals surface area contributed by atoms with Crippen LogP contribution in [0.3, 0.4) is 0 Å². The van der Waals surface area contributed by atoms with E-state index < -0.39 is 5.60 Å². The molecule has 2 rings (SSSR count). The summed E-state index contributed by atoms with van der Waals surface area (Å²) < 4.78 is 0. The largest absolute Gasteiger partial charge is 0.388 e. The van der Waals surface area contributed by atoms with Crippen LogP contribution in [0, 0.1) is 0 Å². The van der Waals surface area contributed by atoms with Gasteiger partial charge in [0.2, 0.25) is 0 Å². The highest BCUT2D eigenvalue weighted by Crippen LogP contribution is 2.28. The molecule has 0 saturated heterocycles. The van der Waals surface area contributed by atoms with Crippen LogP contribution in [-0.4, -0.2) is 29.6 Å². The monoisotopic (exact) mass is 233 g/mol. The molecular formula is C14H19NO2. The fraction of sp³-hybridized carbons (Fsp3) is 0.500. The molecule has 1 aromatic rings. The quantitative estimate of drug-likeness (QED) is 0.870. The first-order chi connectivity index (χ1) is 8.03. The maximum atomic E-state index is 11.8. The van der Waals surface area contributed by atoms with Crippen LogP contribution < -0.4 is 4.90 Å². The van der Waals surface area contributed by atoms with Gasteiger partial charge >= 0.3 is 0 Å². The molecule has 3 nitrogen and oxygen atoms in total. The van der Waals surface area contributed by atoms with Crippen LogP contribution in [0.2, 0.25) is 0 Å². The summed E-state index contributed by atoms with van der Waals surface area (Å²) >= 11 is 0. The highest BCUT2D eigenvalue weighted by Gasteiger charge is 2.27. The van der Waals surface area contributed by atoms with Crippen LogP contribution in [0.25, 0.3) is 0 Å². The van der Waals surface area contributed by atoms with E-state index in [2.05, 4.69) is 4.90 Å². The van der Waals surface area contributed by atoms with Gasteiger partial charge in [-0.3, -0.25) is 4.79 Å². The topological polar surface area (TPSA) is 40.5 Å². The Balaban J connectivity index is 2.27. The van der Waals surface area contributed by atoms with Crippen molar-refractivity contribution in [3.05, 3.63) is 29.8 Å². The molecular weight excluding hydrogens is 214 g/mol. The molecule has 1 N–H and O–H groups in total. The molecule has 0 saturated carbocycles. The number of Topliss-reactive ketones (excluding diaryl/α,β-unsaturated/α-hetero) is 1. The summed E-state index contributed by atoms with van der Waals surface area (Å²) in [6.07, 6.45) is 1.25. The molecule has 0 aliphatic carbocycles. The lowest BCUT2D eigenvalue weighted by Crippen LogP contribution is -2.43. The fourth-order valence-corrected chi connectivity index (χ4v) is 2.16. The SMILES string of the molecule is CCC(C)(O)CN1CCC(=O)c2ccccc21. The van der Waals surface area contributed by atoms with Gasteiger partial charge < -0.3 is 10.0 Å². The number of β-amino-alcohol motifs (C(OH)–C–C–N with tert-alkyl or cyclic N) is 1. The molecule has 0 aromatic heterocycles. The van der Waals surface area contributed by atoms with Crippen LogP contribution in [0.5, 0.6) is 0 Å². The van der Waals surface area contributed by atoms with Gasteiger partial charge in [-0.25, -0.2) is 0 Å². The van der Waals surface area contributed by atoms with E-state index in [0.717, 1.165) is 11.3 Å². The van der Waals surface area contributed by atoms with Gasteiger partial charge in [0.25, 0.3) is 0 Å². The summed E-state index contributed by atoms with van der Waals surface area (Å²) in [5.41, 5.74) is 1.04. The standard InChI is InChI=1S/C14H19NO2/c1-3-14(2,17)10-15-9-8-13(16)11-6-4-5-7-12(11)15/h4-7,17H,3,8-10H2,1-2H3. The number of hydrogen-bond donors (Lipinski definition) is 1. The van der Waals surface area contributed by atoms with Crippen LogP contribution in [0.15, 0.2) is 24.3 Å². The average molecular weight is 233 g/mol. The normalized spacial score (nSPS) is 18.8. The third kappa shape index (κ3) is 2.50. The minimum atomic E-state index is -0.701. The number of benzene rings is 1. The molecule has 1 aliphatic rings. The van der Waals surface area contributed by atoms with E-state index in [4.69, 9.17) is 0 Å². The number of carbonyl (C=O) groups is 1. The molecule has 17 heavy (non-hydrogen) atoms. The Morgan fingerprint density at radius 2 is 2.12 bits per heavy atom. The van der Waals surface area contributed by atoms with E-state index in [1.54, 1.807) is 0 Å². The number of ketones is 1. The van der Waals surface area contributed by atoms with Gasteiger partial charge in [-0.2, -0.15) is 0 Å². The first-order valence-electron chi connectivity index (χ1n) is 6.13. The molecule has 0 spiro atoms. The number of anilines is 1. The third-order valence-corrected chi connectivity index (χ3v) is 3.45. The molecule has 1 atom stereocenters. The van der Waals surface area contributed by atoms with Crippen molar-refractivity contribution in [3.8, 4) is 0 Å². The summed E-state index contributed by atoms with van der Waals surface area (Å²) in [4.78, 5) is 13.9. The van der Waals surface area contributed by atoms with E-state index in [1.165, 1.54) is 0 Å². The van der Waals surface area contributed by atoms with Gasteiger partial charge in [-0.05, 0) is 25.5 Å². The predicted molar refractivity (Wildman–Crippen MR) is 68.5 cm³/mol. The minimum Gasteiger partial charge on any atom is -0.388 e. The van der Waals surface area contributed by atoms with Crippen LogP contribution in [0.4, 0.5) is 5.69 Å². The molecule has 3 heteroatoms. The van der Waals surface area contributed by atoms with Gasteiger partial charge in [-0.15, -0.1) is 0 Å². The Morgan fingerprint density at radius 1 is 1.41 bits per heavy atom. The summed E-state index contributed by atoms with van der Waals surface area (Å²) in [6.45, 7) is 5.09. The molecule has 0 radical (unpaired) electrons. The van der Waals surface area contributed by atoms with Crippen LogP contribution in [0.1, 0.15) is 37.0 Å². The van der Waals surface area contributed by atoms with E-state index in [0.29, 0.717) is 25.9 Å². The number of para-hydroxylation sites is 1. The van der Waals surface area contributed by atoms with E-state index in [9.17, 15) is 9.90 Å². The highest BCUT2D eigenvalue weighted by atomic mass is 16.3. The summed E-state index contributed by atoms with van der Waals surface area (Å²) in [6, 6.07) is 7.64. The number of hydrogen-bond acceptors (Lipinski definition) is 3. The van der Waals surface area contributed by atoms with Crippen molar-refractivity contribution >= 4 is 11.5 Å². The summed E-state index contributed by atoms with van der Waals surface area (Å²) in [7, 11) is 0. The maximum Gasteiger partial charge on any atom is 0.166 e. The minimum absolute atomic E-state index is 0.202. The van der Waals surface area contributed by atoms with Gasteiger partial charge in [0.05, 0.1) is 5.60 Å². The Bertz CT molecular complexity index is 426. The predicted octanol–water partition coefficient (Wildman–Crippen LogP) is 2.24. The average Bonchev–Trinajstić information content (AvgIpc) is 2.33. The Kier molecular flexibility index (Phi) is 3.20. The van der Waals surface area contributed by atoms with Crippen molar-refractivity contribution < 1.29 is 9.90 Å². The lowest BCUT2D eigenvalue weighted by molar-refractivity contribution is 0.0621. The van der Waals surface area contributed by atoms with E-state index >= 15 is 0 Å². The van der Waals surface area contributed by atoms with Gasteiger partial charge in [0.15, 0.2) is 5.78 Å².